The average molecular weight is 234 g/mol. The van der Waals surface area contributed by atoms with Gasteiger partial charge in [-0.1, -0.05) is 11.6 Å². The summed E-state index contributed by atoms with van der Waals surface area (Å²) in [6.07, 6.45) is 1.59. The SMILES string of the molecule is COCCn1ncc(Cl)c1C(N)COC. The summed E-state index contributed by atoms with van der Waals surface area (Å²) in [4.78, 5) is 0. The fourth-order valence-electron chi connectivity index (χ4n) is 1.35. The normalized spacial score (nSPS) is 13.1. The molecule has 0 bridgehead atoms. The molecule has 0 saturated heterocycles. The van der Waals surface area contributed by atoms with Crippen molar-refractivity contribution in [2.45, 2.75) is 12.6 Å². The van der Waals surface area contributed by atoms with Crippen molar-refractivity contribution in [3.05, 3.63) is 16.9 Å². The van der Waals surface area contributed by atoms with E-state index in [0.29, 0.717) is 24.8 Å². The van der Waals surface area contributed by atoms with Crippen LogP contribution in [0.4, 0.5) is 0 Å². The van der Waals surface area contributed by atoms with E-state index >= 15 is 0 Å². The van der Waals surface area contributed by atoms with Crippen molar-refractivity contribution in [1.82, 2.24) is 9.78 Å². The molecule has 1 atom stereocenters. The van der Waals surface area contributed by atoms with Gasteiger partial charge in [0.2, 0.25) is 0 Å². The van der Waals surface area contributed by atoms with Crippen molar-refractivity contribution in [1.29, 1.82) is 0 Å². The van der Waals surface area contributed by atoms with E-state index in [0.717, 1.165) is 5.69 Å². The number of hydrogen-bond acceptors (Lipinski definition) is 4. The first-order valence-electron chi connectivity index (χ1n) is 4.65. The molecule has 6 heteroatoms. The molecule has 0 aromatic carbocycles. The van der Waals surface area contributed by atoms with Crippen LogP contribution in [0.25, 0.3) is 0 Å². The fraction of sp³-hybridized carbons (Fsp3) is 0.667. The van der Waals surface area contributed by atoms with Crippen molar-refractivity contribution in [3.63, 3.8) is 0 Å². The van der Waals surface area contributed by atoms with E-state index in [1.807, 2.05) is 0 Å². The Morgan fingerprint density at radius 1 is 1.53 bits per heavy atom. The molecule has 1 aromatic heterocycles. The number of halogens is 1. The Labute approximate surface area is 94.1 Å². The molecular weight excluding hydrogens is 218 g/mol. The highest BCUT2D eigenvalue weighted by Gasteiger charge is 2.16. The van der Waals surface area contributed by atoms with E-state index in [-0.39, 0.29) is 6.04 Å². The molecule has 0 aliphatic carbocycles. The second-order valence-electron chi connectivity index (χ2n) is 3.16. The maximum Gasteiger partial charge on any atom is 0.0835 e. The lowest BCUT2D eigenvalue weighted by molar-refractivity contribution is 0.168. The summed E-state index contributed by atoms with van der Waals surface area (Å²) in [5, 5.41) is 4.69. The number of ether oxygens (including phenoxy) is 2. The van der Waals surface area contributed by atoms with E-state index in [2.05, 4.69) is 5.10 Å². The van der Waals surface area contributed by atoms with E-state index < -0.39 is 0 Å². The van der Waals surface area contributed by atoms with Crippen LogP contribution >= 0.6 is 11.6 Å². The minimum atomic E-state index is -0.262. The Balaban J connectivity index is 2.78. The van der Waals surface area contributed by atoms with Gasteiger partial charge in [-0.05, 0) is 0 Å². The number of aromatic nitrogens is 2. The molecule has 1 heterocycles. The van der Waals surface area contributed by atoms with Crippen molar-refractivity contribution in [2.75, 3.05) is 27.4 Å². The first-order valence-corrected chi connectivity index (χ1v) is 5.03. The van der Waals surface area contributed by atoms with Crippen LogP contribution in [0.2, 0.25) is 5.02 Å². The van der Waals surface area contributed by atoms with Crippen molar-refractivity contribution >= 4 is 11.6 Å². The fourth-order valence-corrected chi connectivity index (χ4v) is 1.64. The predicted octanol–water partition coefficient (Wildman–Crippen LogP) is 0.829. The molecule has 5 nitrogen and oxygen atoms in total. The van der Waals surface area contributed by atoms with Crippen molar-refractivity contribution in [3.8, 4) is 0 Å². The van der Waals surface area contributed by atoms with E-state index in [9.17, 15) is 0 Å². The smallest absolute Gasteiger partial charge is 0.0835 e. The van der Waals surface area contributed by atoms with Crippen molar-refractivity contribution in [2.24, 2.45) is 5.73 Å². The highest BCUT2D eigenvalue weighted by molar-refractivity contribution is 6.31. The minimum absolute atomic E-state index is 0.262. The van der Waals surface area contributed by atoms with Crippen LogP contribution in [0, 0.1) is 0 Å². The zero-order valence-electron chi connectivity index (χ0n) is 8.94. The standard InChI is InChI=1S/C9H16ClN3O2/c1-14-4-3-13-9(7(10)5-12-13)8(11)6-15-2/h5,8H,3-4,6,11H2,1-2H3. The van der Waals surface area contributed by atoms with E-state index in [4.69, 9.17) is 26.8 Å². The molecule has 2 N–H and O–H groups in total. The topological polar surface area (TPSA) is 62.3 Å². The van der Waals surface area contributed by atoms with Gasteiger partial charge in [-0.2, -0.15) is 5.10 Å². The van der Waals surface area contributed by atoms with Crippen LogP contribution in [-0.2, 0) is 16.0 Å². The summed E-state index contributed by atoms with van der Waals surface area (Å²) in [5.41, 5.74) is 6.70. The molecule has 0 spiro atoms. The van der Waals surface area contributed by atoms with Gasteiger partial charge in [0.25, 0.3) is 0 Å². The van der Waals surface area contributed by atoms with Crippen LogP contribution in [-0.4, -0.2) is 37.2 Å². The minimum Gasteiger partial charge on any atom is -0.383 e. The second-order valence-corrected chi connectivity index (χ2v) is 3.56. The molecule has 0 amide bonds. The first-order chi connectivity index (χ1) is 7.20. The van der Waals surface area contributed by atoms with Crippen LogP contribution in [0.3, 0.4) is 0 Å². The monoisotopic (exact) mass is 233 g/mol. The molecule has 1 rings (SSSR count). The van der Waals surface area contributed by atoms with Gasteiger partial charge in [-0.15, -0.1) is 0 Å². The summed E-state index contributed by atoms with van der Waals surface area (Å²) in [6, 6.07) is -0.262. The Bertz CT molecular complexity index is 304. The van der Waals surface area contributed by atoms with E-state index in [1.165, 1.54) is 0 Å². The zero-order chi connectivity index (χ0) is 11.3. The predicted molar refractivity (Wildman–Crippen MR) is 57.9 cm³/mol. The van der Waals surface area contributed by atoms with Gasteiger partial charge in [0.1, 0.15) is 0 Å². The molecular formula is C9H16ClN3O2. The third kappa shape index (κ3) is 3.17. The van der Waals surface area contributed by atoms with Gasteiger partial charge < -0.3 is 15.2 Å². The number of hydrogen-bond donors (Lipinski definition) is 1. The first kappa shape index (κ1) is 12.4. The lowest BCUT2D eigenvalue weighted by atomic mass is 10.2. The molecule has 1 aromatic rings. The number of nitrogens with two attached hydrogens (primary N) is 1. The zero-order valence-corrected chi connectivity index (χ0v) is 9.70. The van der Waals surface area contributed by atoms with Crippen LogP contribution in [0.1, 0.15) is 11.7 Å². The van der Waals surface area contributed by atoms with Gasteiger partial charge in [0.05, 0.1) is 42.7 Å². The molecule has 0 saturated carbocycles. The number of methoxy groups -OCH3 is 2. The van der Waals surface area contributed by atoms with Gasteiger partial charge >= 0.3 is 0 Å². The Morgan fingerprint density at radius 2 is 2.27 bits per heavy atom. The van der Waals surface area contributed by atoms with E-state index in [1.54, 1.807) is 25.1 Å². The molecule has 0 aliphatic rings. The van der Waals surface area contributed by atoms with Gasteiger partial charge in [0, 0.05) is 14.2 Å². The lowest BCUT2D eigenvalue weighted by Gasteiger charge is -2.13. The molecule has 15 heavy (non-hydrogen) atoms. The van der Waals surface area contributed by atoms with Crippen molar-refractivity contribution < 1.29 is 9.47 Å². The summed E-state index contributed by atoms with van der Waals surface area (Å²) in [7, 11) is 3.24. The third-order valence-electron chi connectivity index (χ3n) is 2.04. The summed E-state index contributed by atoms with van der Waals surface area (Å²) in [6.45, 7) is 1.62. The molecule has 0 aliphatic heterocycles. The van der Waals surface area contributed by atoms with Gasteiger partial charge in [0.15, 0.2) is 0 Å². The van der Waals surface area contributed by atoms with Crippen LogP contribution in [0.5, 0.6) is 0 Å². The highest BCUT2D eigenvalue weighted by Crippen LogP contribution is 2.21. The number of nitrogens with zero attached hydrogens (tertiary/aromatic N) is 2. The Morgan fingerprint density at radius 3 is 2.87 bits per heavy atom. The lowest BCUT2D eigenvalue weighted by Crippen LogP contribution is -2.22. The Hall–Kier alpha value is -0.620. The van der Waals surface area contributed by atoms with Gasteiger partial charge in [-0.25, -0.2) is 0 Å². The summed E-state index contributed by atoms with van der Waals surface area (Å²) >= 11 is 5.99. The Kier molecular flexibility index (Phi) is 5.04. The molecule has 0 radical (unpaired) electrons. The van der Waals surface area contributed by atoms with Crippen LogP contribution in [0.15, 0.2) is 6.20 Å². The quantitative estimate of drug-likeness (QED) is 0.791. The molecule has 1 unspecified atom stereocenters. The largest absolute Gasteiger partial charge is 0.383 e. The van der Waals surface area contributed by atoms with Gasteiger partial charge in [-0.3, -0.25) is 4.68 Å². The maximum atomic E-state index is 5.99. The summed E-state index contributed by atoms with van der Waals surface area (Å²) < 4.78 is 11.7. The maximum absolute atomic E-state index is 5.99. The second kappa shape index (κ2) is 6.07. The average Bonchev–Trinajstić information content (AvgIpc) is 2.57. The molecule has 86 valence electrons. The highest BCUT2D eigenvalue weighted by atomic mass is 35.5. The molecule has 0 fully saturated rings. The third-order valence-corrected chi connectivity index (χ3v) is 2.33. The summed E-state index contributed by atoms with van der Waals surface area (Å²) in [5.74, 6) is 0. The number of rotatable bonds is 6. The van der Waals surface area contributed by atoms with Crippen LogP contribution < -0.4 is 5.73 Å².